The largest absolute Gasteiger partial charge is 0.484 e. The summed E-state index contributed by atoms with van der Waals surface area (Å²) in [6, 6.07) is 4.29. The van der Waals surface area contributed by atoms with E-state index in [4.69, 9.17) is 10.5 Å². The van der Waals surface area contributed by atoms with Gasteiger partial charge in [0.25, 0.3) is 0 Å². The van der Waals surface area contributed by atoms with Gasteiger partial charge in [-0.2, -0.15) is 5.10 Å². The minimum absolute atomic E-state index is 0.215. The van der Waals surface area contributed by atoms with Gasteiger partial charge in [0.2, 0.25) is 0 Å². The van der Waals surface area contributed by atoms with Gasteiger partial charge in [-0.05, 0) is 41.1 Å². The van der Waals surface area contributed by atoms with E-state index in [1.165, 1.54) is 6.07 Å². The lowest BCUT2D eigenvalue weighted by Gasteiger charge is -2.21. The average Bonchev–Trinajstić information content (AvgIpc) is 2.76. The predicted molar refractivity (Wildman–Crippen MR) is 74.3 cm³/mol. The molecular weight excluding hydrogens is 313 g/mol. The molecule has 2 atom stereocenters. The molecule has 1 aromatic carbocycles. The zero-order valence-corrected chi connectivity index (χ0v) is 12.3. The molecule has 1 heterocycles. The van der Waals surface area contributed by atoms with Crippen LogP contribution in [-0.4, -0.2) is 15.8 Å². The van der Waals surface area contributed by atoms with Crippen molar-refractivity contribution in [3.63, 3.8) is 0 Å². The maximum Gasteiger partial charge on any atom is 0.141 e. The van der Waals surface area contributed by atoms with E-state index in [9.17, 15) is 4.39 Å². The van der Waals surface area contributed by atoms with Gasteiger partial charge in [0.15, 0.2) is 0 Å². The first-order chi connectivity index (χ1) is 8.97. The molecule has 0 aliphatic rings. The number of hydrogen-bond donors (Lipinski definition) is 1. The van der Waals surface area contributed by atoms with Crippen molar-refractivity contribution in [3.05, 3.63) is 46.4 Å². The Morgan fingerprint density at radius 1 is 1.47 bits per heavy atom. The van der Waals surface area contributed by atoms with Crippen LogP contribution in [0.4, 0.5) is 4.39 Å². The summed E-state index contributed by atoms with van der Waals surface area (Å²) in [7, 11) is 1.83. The minimum Gasteiger partial charge on any atom is -0.484 e. The summed E-state index contributed by atoms with van der Waals surface area (Å²) in [5.74, 6) is 0.227. The molecule has 0 aliphatic carbocycles. The van der Waals surface area contributed by atoms with Crippen LogP contribution in [-0.2, 0) is 7.05 Å². The number of ether oxygens (including phenoxy) is 1. The highest BCUT2D eigenvalue weighted by molar-refractivity contribution is 9.10. The Hall–Kier alpha value is -1.40. The first-order valence-corrected chi connectivity index (χ1v) is 6.62. The van der Waals surface area contributed by atoms with Crippen molar-refractivity contribution < 1.29 is 9.13 Å². The van der Waals surface area contributed by atoms with Gasteiger partial charge in [-0.15, -0.1) is 0 Å². The van der Waals surface area contributed by atoms with Crippen LogP contribution in [0.2, 0.25) is 0 Å². The van der Waals surface area contributed by atoms with Gasteiger partial charge in [0.05, 0.1) is 10.7 Å². The van der Waals surface area contributed by atoms with Crippen LogP contribution in [0.3, 0.4) is 0 Å². The van der Waals surface area contributed by atoms with Crippen molar-refractivity contribution in [3.8, 4) is 5.75 Å². The summed E-state index contributed by atoms with van der Waals surface area (Å²) in [4.78, 5) is 0. The number of rotatable bonds is 4. The van der Waals surface area contributed by atoms with Gasteiger partial charge in [0, 0.05) is 24.8 Å². The molecular formula is C13H15BrFN3O. The fraction of sp³-hybridized carbons (Fsp3) is 0.308. The van der Waals surface area contributed by atoms with Crippen LogP contribution < -0.4 is 10.5 Å². The molecule has 0 radical (unpaired) electrons. The Labute approximate surface area is 119 Å². The number of hydrogen-bond acceptors (Lipinski definition) is 3. The highest BCUT2D eigenvalue weighted by atomic mass is 79.9. The number of benzene rings is 1. The standard InChI is InChI=1S/C13H15BrFN3O/c1-8(16)13(9-6-17-18(2)7-9)19-10-3-4-12(15)11(14)5-10/h3-8,13H,16H2,1-2H3. The first kappa shape index (κ1) is 14.0. The number of nitrogens with zero attached hydrogens (tertiary/aromatic N) is 2. The normalized spacial score (nSPS) is 14.2. The van der Waals surface area contributed by atoms with Crippen molar-refractivity contribution in [1.29, 1.82) is 0 Å². The lowest BCUT2D eigenvalue weighted by molar-refractivity contribution is 0.180. The van der Waals surface area contributed by atoms with Gasteiger partial charge in [-0.25, -0.2) is 4.39 Å². The fourth-order valence-electron chi connectivity index (χ4n) is 1.76. The summed E-state index contributed by atoms with van der Waals surface area (Å²) in [6.07, 6.45) is 3.24. The molecule has 19 heavy (non-hydrogen) atoms. The van der Waals surface area contributed by atoms with E-state index in [1.54, 1.807) is 23.0 Å². The maximum absolute atomic E-state index is 13.2. The molecule has 0 saturated carbocycles. The van der Waals surface area contributed by atoms with E-state index < -0.39 is 0 Å². The second-order valence-electron chi connectivity index (χ2n) is 4.42. The Bertz CT molecular complexity index is 571. The third kappa shape index (κ3) is 3.33. The van der Waals surface area contributed by atoms with E-state index >= 15 is 0 Å². The van der Waals surface area contributed by atoms with Crippen molar-refractivity contribution in [2.45, 2.75) is 19.1 Å². The highest BCUT2D eigenvalue weighted by Crippen LogP contribution is 2.27. The Morgan fingerprint density at radius 3 is 2.74 bits per heavy atom. The molecule has 2 aromatic rings. The summed E-state index contributed by atoms with van der Waals surface area (Å²) in [5, 5.41) is 4.11. The van der Waals surface area contributed by atoms with Gasteiger partial charge in [0.1, 0.15) is 17.7 Å². The molecule has 0 fully saturated rings. The van der Waals surface area contributed by atoms with E-state index in [1.807, 2.05) is 20.2 Å². The molecule has 102 valence electrons. The van der Waals surface area contributed by atoms with Crippen LogP contribution >= 0.6 is 15.9 Å². The second kappa shape index (κ2) is 5.71. The molecule has 0 amide bonds. The lowest BCUT2D eigenvalue weighted by Crippen LogP contribution is -2.28. The van der Waals surface area contributed by atoms with E-state index in [2.05, 4.69) is 21.0 Å². The molecule has 2 unspecified atom stereocenters. The van der Waals surface area contributed by atoms with Crippen LogP contribution in [0.15, 0.2) is 35.1 Å². The molecule has 0 aliphatic heterocycles. The lowest BCUT2D eigenvalue weighted by atomic mass is 10.1. The van der Waals surface area contributed by atoms with Gasteiger partial charge in [-0.3, -0.25) is 4.68 Å². The van der Waals surface area contributed by atoms with Gasteiger partial charge in [-0.1, -0.05) is 0 Å². The topological polar surface area (TPSA) is 53.1 Å². The van der Waals surface area contributed by atoms with E-state index in [0.717, 1.165) is 5.56 Å². The minimum atomic E-state index is -0.328. The second-order valence-corrected chi connectivity index (χ2v) is 5.28. The fourth-order valence-corrected chi connectivity index (χ4v) is 2.12. The Kier molecular flexibility index (Phi) is 4.21. The van der Waals surface area contributed by atoms with Crippen molar-refractivity contribution in [2.24, 2.45) is 12.8 Å². The number of nitrogens with two attached hydrogens (primary N) is 1. The smallest absolute Gasteiger partial charge is 0.141 e. The molecule has 2 N–H and O–H groups in total. The van der Waals surface area contributed by atoms with Crippen LogP contribution in [0.25, 0.3) is 0 Å². The average molecular weight is 328 g/mol. The Balaban J connectivity index is 2.23. The molecule has 0 spiro atoms. The van der Waals surface area contributed by atoms with Crippen LogP contribution in [0, 0.1) is 5.82 Å². The van der Waals surface area contributed by atoms with Gasteiger partial charge < -0.3 is 10.5 Å². The summed E-state index contributed by atoms with van der Waals surface area (Å²) >= 11 is 3.13. The van der Waals surface area contributed by atoms with Crippen molar-refractivity contribution >= 4 is 15.9 Å². The van der Waals surface area contributed by atoms with Crippen LogP contribution in [0.1, 0.15) is 18.6 Å². The highest BCUT2D eigenvalue weighted by Gasteiger charge is 2.20. The quantitative estimate of drug-likeness (QED) is 0.939. The molecule has 1 aromatic heterocycles. The summed E-state index contributed by atoms with van der Waals surface area (Å²) in [6.45, 7) is 1.86. The van der Waals surface area contributed by atoms with Crippen LogP contribution in [0.5, 0.6) is 5.75 Å². The summed E-state index contributed by atoms with van der Waals surface area (Å²) in [5.41, 5.74) is 6.83. The summed E-state index contributed by atoms with van der Waals surface area (Å²) < 4.78 is 21.1. The third-order valence-corrected chi connectivity index (χ3v) is 3.29. The first-order valence-electron chi connectivity index (χ1n) is 5.83. The SMILES string of the molecule is CC(N)C(Oc1ccc(F)c(Br)c1)c1cnn(C)c1. The molecule has 2 rings (SSSR count). The molecule has 4 nitrogen and oxygen atoms in total. The molecule has 0 bridgehead atoms. The Morgan fingerprint density at radius 2 is 2.21 bits per heavy atom. The maximum atomic E-state index is 13.2. The van der Waals surface area contributed by atoms with Gasteiger partial charge >= 0.3 is 0 Å². The number of aryl methyl sites for hydroxylation is 1. The number of aromatic nitrogens is 2. The van der Waals surface area contributed by atoms with Crippen molar-refractivity contribution in [1.82, 2.24) is 9.78 Å². The molecule has 6 heteroatoms. The monoisotopic (exact) mass is 327 g/mol. The molecule has 0 saturated heterocycles. The third-order valence-electron chi connectivity index (χ3n) is 2.69. The zero-order valence-electron chi connectivity index (χ0n) is 10.7. The van der Waals surface area contributed by atoms with Crippen molar-refractivity contribution in [2.75, 3.05) is 0 Å². The van der Waals surface area contributed by atoms with E-state index in [-0.39, 0.29) is 18.0 Å². The van der Waals surface area contributed by atoms with E-state index in [0.29, 0.717) is 10.2 Å². The predicted octanol–water partition coefficient (Wildman–Crippen LogP) is 2.79. The number of halogens is 2. The zero-order chi connectivity index (χ0) is 14.0.